The second kappa shape index (κ2) is 6.83. The Kier molecular flexibility index (Phi) is 4.86. The maximum absolute atomic E-state index is 11.7. The van der Waals surface area contributed by atoms with Gasteiger partial charge in [0.2, 0.25) is 0 Å². The molecule has 20 heavy (non-hydrogen) atoms. The smallest absolute Gasteiger partial charge is 0.288 e. The molecule has 3 N–H and O–H groups in total. The Hall–Kier alpha value is -2.18. The maximum Gasteiger partial charge on any atom is 0.288 e. The van der Waals surface area contributed by atoms with E-state index >= 15 is 0 Å². The topological polar surface area (TPSA) is 66.1 Å². The number of carbonyl (C=O) groups is 1. The van der Waals surface area contributed by atoms with Crippen LogP contribution in [-0.4, -0.2) is 16.0 Å². The number of hydrogen-bond donors (Lipinski definition) is 3. The van der Waals surface area contributed by atoms with Gasteiger partial charge in [0.1, 0.15) is 5.69 Å². The first-order valence-electron chi connectivity index (χ1n) is 5.69. The highest BCUT2D eigenvalue weighted by atomic mass is 35.5. The molecule has 0 aliphatic heterocycles. The first kappa shape index (κ1) is 14.2. The van der Waals surface area contributed by atoms with Crippen LogP contribution in [0.4, 0.5) is 5.69 Å². The Bertz CT molecular complexity index is 621. The zero-order chi connectivity index (χ0) is 14.4. The minimum atomic E-state index is -0.374. The Morgan fingerprint density at radius 1 is 1.15 bits per heavy atom. The molecule has 0 radical (unpaired) electrons. The third-order valence-electron chi connectivity index (χ3n) is 2.27. The number of anilines is 1. The Labute approximate surface area is 126 Å². The molecule has 0 unspecified atom stereocenters. The van der Waals surface area contributed by atoms with E-state index in [0.29, 0.717) is 10.7 Å². The molecule has 0 aliphatic rings. The van der Waals surface area contributed by atoms with Gasteiger partial charge in [-0.15, -0.1) is 0 Å². The number of thiocarbonyl (C=S) groups is 1. The molecule has 0 fully saturated rings. The average molecular weight is 307 g/mol. The predicted octanol–water partition coefficient (Wildman–Crippen LogP) is 2.37. The fourth-order valence-corrected chi connectivity index (χ4v) is 1.76. The van der Waals surface area contributed by atoms with E-state index in [0.717, 1.165) is 5.69 Å². The molecule has 0 spiro atoms. The van der Waals surface area contributed by atoms with Crippen LogP contribution in [-0.2, 0) is 0 Å². The standard InChI is InChI=1S/C13H11ClN4OS/c14-9-4-3-5-10(8-9)16-13(20)18-17-12(19)11-6-1-2-7-15-11/h1-8H,(H,17,19)(H2,16,18,20). The monoisotopic (exact) mass is 306 g/mol. The molecule has 2 rings (SSSR count). The van der Waals surface area contributed by atoms with Gasteiger partial charge in [-0.2, -0.15) is 0 Å². The van der Waals surface area contributed by atoms with Crippen LogP contribution in [0.25, 0.3) is 0 Å². The average Bonchev–Trinajstić information content (AvgIpc) is 2.46. The zero-order valence-electron chi connectivity index (χ0n) is 10.3. The molecule has 102 valence electrons. The Balaban J connectivity index is 1.85. The molecule has 0 saturated carbocycles. The van der Waals surface area contributed by atoms with Crippen LogP contribution >= 0.6 is 23.8 Å². The van der Waals surface area contributed by atoms with Gasteiger partial charge in [0.15, 0.2) is 5.11 Å². The summed E-state index contributed by atoms with van der Waals surface area (Å²) in [5, 5.41) is 3.73. The van der Waals surface area contributed by atoms with Crippen molar-refractivity contribution in [2.45, 2.75) is 0 Å². The molecule has 0 saturated heterocycles. The molecule has 1 aromatic heterocycles. The minimum absolute atomic E-state index is 0.247. The molecule has 1 heterocycles. The first-order valence-corrected chi connectivity index (χ1v) is 6.48. The van der Waals surface area contributed by atoms with Gasteiger partial charge < -0.3 is 5.32 Å². The highest BCUT2D eigenvalue weighted by Gasteiger charge is 2.06. The Morgan fingerprint density at radius 3 is 2.70 bits per heavy atom. The SMILES string of the molecule is O=C(NNC(=S)Nc1cccc(Cl)c1)c1ccccn1. The summed E-state index contributed by atoms with van der Waals surface area (Å²) < 4.78 is 0. The second-order valence-corrected chi connectivity index (χ2v) is 4.60. The molecule has 1 amide bonds. The van der Waals surface area contributed by atoms with Gasteiger partial charge in [0.25, 0.3) is 5.91 Å². The third-order valence-corrected chi connectivity index (χ3v) is 2.71. The van der Waals surface area contributed by atoms with E-state index in [1.807, 2.05) is 0 Å². The number of hydrazine groups is 1. The lowest BCUT2D eigenvalue weighted by molar-refractivity contribution is 0.0939. The summed E-state index contributed by atoms with van der Waals surface area (Å²) in [4.78, 5) is 15.6. The molecule has 5 nitrogen and oxygen atoms in total. The Morgan fingerprint density at radius 2 is 2.00 bits per heavy atom. The number of aromatic nitrogens is 1. The van der Waals surface area contributed by atoms with Gasteiger partial charge in [-0.3, -0.25) is 20.6 Å². The van der Waals surface area contributed by atoms with E-state index in [1.54, 1.807) is 42.5 Å². The van der Waals surface area contributed by atoms with Gasteiger partial charge in [-0.25, -0.2) is 0 Å². The molecule has 0 bridgehead atoms. The van der Waals surface area contributed by atoms with Crippen LogP contribution in [0.5, 0.6) is 0 Å². The summed E-state index contributed by atoms with van der Waals surface area (Å²) in [7, 11) is 0. The summed E-state index contributed by atoms with van der Waals surface area (Å²) in [5.74, 6) is -0.374. The van der Waals surface area contributed by atoms with Gasteiger partial charge >= 0.3 is 0 Å². The van der Waals surface area contributed by atoms with Gasteiger partial charge in [-0.1, -0.05) is 23.7 Å². The van der Waals surface area contributed by atoms with Crippen molar-refractivity contribution in [1.29, 1.82) is 0 Å². The summed E-state index contributed by atoms with van der Waals surface area (Å²) in [5.41, 5.74) is 6.05. The number of hydrogen-bond acceptors (Lipinski definition) is 3. The largest absolute Gasteiger partial charge is 0.331 e. The number of carbonyl (C=O) groups excluding carboxylic acids is 1. The van der Waals surface area contributed by atoms with E-state index in [-0.39, 0.29) is 11.0 Å². The van der Waals surface area contributed by atoms with Crippen molar-refractivity contribution in [1.82, 2.24) is 15.8 Å². The lowest BCUT2D eigenvalue weighted by Crippen LogP contribution is -2.44. The van der Waals surface area contributed by atoms with Crippen molar-refractivity contribution in [3.05, 3.63) is 59.4 Å². The predicted molar refractivity (Wildman–Crippen MR) is 82.5 cm³/mol. The summed E-state index contributed by atoms with van der Waals surface area (Å²) >= 11 is 10.9. The quantitative estimate of drug-likeness (QED) is 0.587. The lowest BCUT2D eigenvalue weighted by Gasteiger charge is -2.11. The van der Waals surface area contributed by atoms with Gasteiger partial charge in [-0.05, 0) is 42.5 Å². The molecule has 1 aromatic carbocycles. The summed E-state index contributed by atoms with van der Waals surface area (Å²) in [6.07, 6.45) is 1.54. The number of halogens is 1. The number of pyridine rings is 1. The van der Waals surface area contributed by atoms with Crippen LogP contribution in [0.15, 0.2) is 48.7 Å². The van der Waals surface area contributed by atoms with E-state index in [4.69, 9.17) is 23.8 Å². The lowest BCUT2D eigenvalue weighted by atomic mass is 10.3. The number of amides is 1. The molecular weight excluding hydrogens is 296 g/mol. The molecule has 7 heteroatoms. The second-order valence-electron chi connectivity index (χ2n) is 3.76. The van der Waals surface area contributed by atoms with Crippen molar-refractivity contribution >= 4 is 40.5 Å². The van der Waals surface area contributed by atoms with Crippen molar-refractivity contribution in [3.63, 3.8) is 0 Å². The van der Waals surface area contributed by atoms with E-state index in [2.05, 4.69) is 21.2 Å². The zero-order valence-corrected chi connectivity index (χ0v) is 11.8. The van der Waals surface area contributed by atoms with Crippen molar-refractivity contribution < 1.29 is 4.79 Å². The van der Waals surface area contributed by atoms with Gasteiger partial charge in [0, 0.05) is 16.9 Å². The van der Waals surface area contributed by atoms with Crippen LogP contribution in [0.1, 0.15) is 10.5 Å². The van der Waals surface area contributed by atoms with Crippen molar-refractivity contribution in [2.24, 2.45) is 0 Å². The third kappa shape index (κ3) is 4.18. The van der Waals surface area contributed by atoms with Crippen LogP contribution < -0.4 is 16.2 Å². The minimum Gasteiger partial charge on any atom is -0.331 e. The van der Waals surface area contributed by atoms with Crippen molar-refractivity contribution in [2.75, 3.05) is 5.32 Å². The molecular formula is C13H11ClN4OS. The highest BCUT2D eigenvalue weighted by Crippen LogP contribution is 2.14. The number of nitrogens with one attached hydrogen (secondary N) is 3. The van der Waals surface area contributed by atoms with Crippen molar-refractivity contribution in [3.8, 4) is 0 Å². The maximum atomic E-state index is 11.7. The number of nitrogens with zero attached hydrogens (tertiary/aromatic N) is 1. The van der Waals surface area contributed by atoms with Crippen LogP contribution in [0.3, 0.4) is 0 Å². The van der Waals surface area contributed by atoms with Gasteiger partial charge in [0.05, 0.1) is 0 Å². The number of rotatable bonds is 2. The highest BCUT2D eigenvalue weighted by molar-refractivity contribution is 7.80. The summed E-state index contributed by atoms with van der Waals surface area (Å²) in [6.45, 7) is 0. The summed E-state index contributed by atoms with van der Waals surface area (Å²) in [6, 6.07) is 12.1. The molecule has 2 aromatic rings. The van der Waals surface area contributed by atoms with E-state index in [1.165, 1.54) is 6.20 Å². The van der Waals surface area contributed by atoms with E-state index < -0.39 is 0 Å². The fourth-order valence-electron chi connectivity index (χ4n) is 1.40. The fraction of sp³-hybridized carbons (Fsp3) is 0. The number of benzene rings is 1. The van der Waals surface area contributed by atoms with E-state index in [9.17, 15) is 4.79 Å². The normalized spacial score (nSPS) is 9.65. The van der Waals surface area contributed by atoms with Crippen LogP contribution in [0, 0.1) is 0 Å². The molecule has 0 atom stereocenters. The molecule has 0 aliphatic carbocycles. The van der Waals surface area contributed by atoms with Crippen LogP contribution in [0.2, 0.25) is 5.02 Å². The first-order chi connectivity index (χ1) is 9.65.